The molecule has 0 spiro atoms. The zero-order valence-corrected chi connectivity index (χ0v) is 13.1. The molecule has 19 heavy (non-hydrogen) atoms. The molecule has 0 aromatic carbocycles. The molecule has 1 saturated heterocycles. The van der Waals surface area contributed by atoms with Crippen LogP contribution >= 0.6 is 0 Å². The smallest absolute Gasteiger partial charge is 0.211 e. The quantitative estimate of drug-likeness (QED) is 0.612. The van der Waals surface area contributed by atoms with Gasteiger partial charge in [0.1, 0.15) is 0 Å². The van der Waals surface area contributed by atoms with Crippen molar-refractivity contribution in [2.24, 2.45) is 5.92 Å². The largest absolute Gasteiger partial charge is 0.317 e. The fourth-order valence-electron chi connectivity index (χ4n) is 2.39. The van der Waals surface area contributed by atoms with E-state index < -0.39 is 10.0 Å². The normalized spacial score (nSPS) is 18.8. The van der Waals surface area contributed by atoms with Gasteiger partial charge in [-0.1, -0.05) is 13.8 Å². The Morgan fingerprint density at radius 3 is 2.47 bits per heavy atom. The molecule has 1 aliphatic rings. The summed E-state index contributed by atoms with van der Waals surface area (Å²) in [5.74, 6) is 0.736. The minimum atomic E-state index is -3.08. The van der Waals surface area contributed by atoms with Crippen LogP contribution in [0, 0.1) is 5.92 Å². The van der Waals surface area contributed by atoms with E-state index in [1.54, 1.807) is 0 Å². The number of likely N-dealkylation sites (tertiary alicyclic amines) is 1. The van der Waals surface area contributed by atoms with Crippen LogP contribution in [0.2, 0.25) is 0 Å². The molecular formula is C13H29N3O2S. The molecule has 0 aromatic heterocycles. The Labute approximate surface area is 118 Å². The van der Waals surface area contributed by atoms with Gasteiger partial charge in [0.25, 0.3) is 0 Å². The average molecular weight is 291 g/mol. The average Bonchev–Trinajstić information content (AvgIpc) is 2.42. The van der Waals surface area contributed by atoms with Crippen LogP contribution < -0.4 is 10.0 Å². The Morgan fingerprint density at radius 1 is 1.21 bits per heavy atom. The fourth-order valence-corrected chi connectivity index (χ4v) is 3.55. The molecule has 1 fully saturated rings. The summed E-state index contributed by atoms with van der Waals surface area (Å²) in [5, 5.41) is 3.14. The molecule has 0 aliphatic carbocycles. The summed E-state index contributed by atoms with van der Waals surface area (Å²) in [5.41, 5.74) is 0. The molecular weight excluding hydrogens is 262 g/mol. The minimum Gasteiger partial charge on any atom is -0.317 e. The van der Waals surface area contributed by atoms with Crippen molar-refractivity contribution < 1.29 is 8.42 Å². The van der Waals surface area contributed by atoms with Gasteiger partial charge in [-0.05, 0) is 57.9 Å². The third-order valence-electron chi connectivity index (χ3n) is 3.76. The molecule has 1 rings (SSSR count). The van der Waals surface area contributed by atoms with Gasteiger partial charge in [0.15, 0.2) is 0 Å². The highest BCUT2D eigenvalue weighted by Crippen LogP contribution is 2.16. The second kappa shape index (κ2) is 8.89. The van der Waals surface area contributed by atoms with Gasteiger partial charge >= 0.3 is 0 Å². The predicted octanol–water partition coefficient (Wildman–Crippen LogP) is 0.637. The lowest BCUT2D eigenvalue weighted by Crippen LogP contribution is -2.39. The molecule has 2 N–H and O–H groups in total. The standard InChI is InChI=1S/C13H29N3O2S/c1-3-14-8-5-11-19(17,18)15-12-13-6-9-16(4-2)10-7-13/h13-15H,3-12H2,1-2H3. The van der Waals surface area contributed by atoms with Crippen molar-refractivity contribution in [3.8, 4) is 0 Å². The number of rotatable bonds is 9. The van der Waals surface area contributed by atoms with E-state index in [1.807, 2.05) is 6.92 Å². The number of nitrogens with one attached hydrogen (secondary N) is 2. The van der Waals surface area contributed by atoms with Gasteiger partial charge in [-0.15, -0.1) is 0 Å². The van der Waals surface area contributed by atoms with E-state index in [9.17, 15) is 8.42 Å². The van der Waals surface area contributed by atoms with Crippen molar-refractivity contribution in [3.05, 3.63) is 0 Å². The van der Waals surface area contributed by atoms with Crippen molar-refractivity contribution >= 4 is 10.0 Å². The van der Waals surface area contributed by atoms with Gasteiger partial charge in [-0.3, -0.25) is 0 Å². The highest BCUT2D eigenvalue weighted by atomic mass is 32.2. The second-order valence-corrected chi connectivity index (χ2v) is 7.18. The Bertz CT molecular complexity index is 325. The van der Waals surface area contributed by atoms with E-state index >= 15 is 0 Å². The van der Waals surface area contributed by atoms with Crippen molar-refractivity contribution in [3.63, 3.8) is 0 Å². The molecule has 5 nitrogen and oxygen atoms in total. The van der Waals surface area contributed by atoms with E-state index in [0.717, 1.165) is 45.6 Å². The van der Waals surface area contributed by atoms with Gasteiger partial charge in [-0.25, -0.2) is 13.1 Å². The van der Waals surface area contributed by atoms with Crippen molar-refractivity contribution in [1.29, 1.82) is 0 Å². The van der Waals surface area contributed by atoms with Gasteiger partial charge in [0.2, 0.25) is 10.0 Å². The topological polar surface area (TPSA) is 61.4 Å². The first-order valence-corrected chi connectivity index (χ1v) is 9.13. The Hall–Kier alpha value is -0.170. The Balaban J connectivity index is 2.17. The lowest BCUT2D eigenvalue weighted by Gasteiger charge is -2.30. The SMILES string of the molecule is CCNCCCS(=O)(=O)NCC1CCN(CC)CC1. The molecule has 0 aromatic rings. The van der Waals surface area contributed by atoms with Crippen LogP contribution in [0.4, 0.5) is 0 Å². The van der Waals surface area contributed by atoms with E-state index in [0.29, 0.717) is 18.9 Å². The first-order chi connectivity index (χ1) is 9.07. The fraction of sp³-hybridized carbons (Fsp3) is 1.00. The van der Waals surface area contributed by atoms with E-state index in [2.05, 4.69) is 21.9 Å². The van der Waals surface area contributed by atoms with Crippen LogP contribution in [0.15, 0.2) is 0 Å². The first-order valence-electron chi connectivity index (χ1n) is 7.47. The second-order valence-electron chi connectivity index (χ2n) is 5.25. The summed E-state index contributed by atoms with van der Waals surface area (Å²) in [7, 11) is -3.08. The molecule has 6 heteroatoms. The van der Waals surface area contributed by atoms with E-state index in [1.165, 1.54) is 0 Å². The summed E-state index contributed by atoms with van der Waals surface area (Å²) in [6.45, 7) is 9.77. The summed E-state index contributed by atoms with van der Waals surface area (Å²) < 4.78 is 26.4. The lowest BCUT2D eigenvalue weighted by molar-refractivity contribution is 0.194. The van der Waals surface area contributed by atoms with Gasteiger partial charge < -0.3 is 10.2 Å². The van der Waals surface area contributed by atoms with Crippen LogP contribution in [0.25, 0.3) is 0 Å². The third-order valence-corrected chi connectivity index (χ3v) is 5.20. The number of hydrogen-bond donors (Lipinski definition) is 2. The molecule has 0 atom stereocenters. The maximum absolute atomic E-state index is 11.8. The zero-order chi connectivity index (χ0) is 14.1. The zero-order valence-electron chi connectivity index (χ0n) is 12.3. The monoisotopic (exact) mass is 291 g/mol. The summed E-state index contributed by atoms with van der Waals surface area (Å²) in [6.07, 6.45) is 2.89. The van der Waals surface area contributed by atoms with Gasteiger partial charge in [0, 0.05) is 6.54 Å². The maximum atomic E-state index is 11.8. The molecule has 0 amide bonds. The molecule has 1 aliphatic heterocycles. The lowest BCUT2D eigenvalue weighted by atomic mass is 9.97. The Kier molecular flexibility index (Phi) is 7.90. The molecule has 0 radical (unpaired) electrons. The molecule has 0 bridgehead atoms. The summed E-state index contributed by atoms with van der Waals surface area (Å²) >= 11 is 0. The molecule has 114 valence electrons. The van der Waals surface area contributed by atoms with Crippen LogP contribution in [-0.4, -0.2) is 58.3 Å². The predicted molar refractivity (Wildman–Crippen MR) is 79.8 cm³/mol. The highest BCUT2D eigenvalue weighted by Gasteiger charge is 2.19. The van der Waals surface area contributed by atoms with E-state index in [-0.39, 0.29) is 5.75 Å². The van der Waals surface area contributed by atoms with Gasteiger partial charge in [-0.2, -0.15) is 0 Å². The van der Waals surface area contributed by atoms with Gasteiger partial charge in [0.05, 0.1) is 5.75 Å². The van der Waals surface area contributed by atoms with Crippen molar-refractivity contribution in [1.82, 2.24) is 14.9 Å². The van der Waals surface area contributed by atoms with E-state index in [4.69, 9.17) is 0 Å². The highest BCUT2D eigenvalue weighted by molar-refractivity contribution is 7.89. The van der Waals surface area contributed by atoms with Crippen molar-refractivity contribution in [2.45, 2.75) is 33.1 Å². The van der Waals surface area contributed by atoms with Crippen LogP contribution in [-0.2, 0) is 10.0 Å². The number of piperidine rings is 1. The third kappa shape index (κ3) is 7.25. The maximum Gasteiger partial charge on any atom is 0.211 e. The van der Waals surface area contributed by atoms with Crippen LogP contribution in [0.1, 0.15) is 33.1 Å². The number of hydrogen-bond acceptors (Lipinski definition) is 4. The van der Waals surface area contributed by atoms with Crippen molar-refractivity contribution in [2.75, 3.05) is 45.0 Å². The summed E-state index contributed by atoms with van der Waals surface area (Å²) in [4.78, 5) is 2.42. The minimum absolute atomic E-state index is 0.230. The number of nitrogens with zero attached hydrogens (tertiary/aromatic N) is 1. The summed E-state index contributed by atoms with van der Waals surface area (Å²) in [6, 6.07) is 0. The molecule has 0 unspecified atom stereocenters. The molecule has 0 saturated carbocycles. The van der Waals surface area contributed by atoms with Crippen LogP contribution in [0.5, 0.6) is 0 Å². The van der Waals surface area contributed by atoms with Crippen LogP contribution in [0.3, 0.4) is 0 Å². The first kappa shape index (κ1) is 16.9. The number of sulfonamides is 1. The Morgan fingerprint density at radius 2 is 1.89 bits per heavy atom. The molecule has 1 heterocycles.